The third kappa shape index (κ3) is 4.11. The van der Waals surface area contributed by atoms with Crippen LogP contribution in [0, 0.1) is 15.9 Å². The topological polar surface area (TPSA) is 67.2 Å². The van der Waals surface area contributed by atoms with Crippen LogP contribution in [-0.4, -0.2) is 10.0 Å². The van der Waals surface area contributed by atoms with Crippen molar-refractivity contribution < 1.29 is 9.31 Å². The average molecular weight is 326 g/mol. The predicted molar refractivity (Wildman–Crippen MR) is 84.3 cm³/mol. The third-order valence-electron chi connectivity index (χ3n) is 2.49. The van der Waals surface area contributed by atoms with Gasteiger partial charge in [0, 0.05) is 17.8 Å². The number of nitrogens with zero attached hydrogens (tertiary/aromatic N) is 1. The molecule has 0 aliphatic heterocycles. The van der Waals surface area contributed by atoms with Crippen molar-refractivity contribution in [3.05, 3.63) is 63.4 Å². The summed E-state index contributed by atoms with van der Waals surface area (Å²) in [7, 11) is 0. The fraction of sp³-hybridized carbons (Fsp3) is 0. The zero-order valence-electron chi connectivity index (χ0n) is 10.5. The summed E-state index contributed by atoms with van der Waals surface area (Å²) in [5.74, 6) is -0.392. The van der Waals surface area contributed by atoms with Crippen molar-refractivity contribution in [1.29, 1.82) is 0 Å². The Bertz CT molecular complexity index is 712. The van der Waals surface area contributed by atoms with E-state index in [0.717, 1.165) is 0 Å². The molecule has 8 heteroatoms. The number of rotatable bonds is 3. The van der Waals surface area contributed by atoms with Gasteiger partial charge in [-0.2, -0.15) is 0 Å². The first-order chi connectivity index (χ1) is 9.95. The van der Waals surface area contributed by atoms with Gasteiger partial charge in [-0.3, -0.25) is 10.1 Å². The normalized spacial score (nSPS) is 10.0. The van der Waals surface area contributed by atoms with Gasteiger partial charge < -0.3 is 10.6 Å². The number of hydrogen-bond acceptors (Lipinski definition) is 3. The molecule has 5 nitrogen and oxygen atoms in total. The number of non-ortho nitro benzene ring substituents is 1. The minimum Gasteiger partial charge on any atom is -0.332 e. The Kier molecular flexibility index (Phi) is 4.66. The Morgan fingerprint density at radius 3 is 2.62 bits per heavy atom. The predicted octanol–water partition coefficient (Wildman–Crippen LogP) is 4.20. The van der Waals surface area contributed by atoms with Gasteiger partial charge in [0.1, 0.15) is 5.82 Å². The Labute approximate surface area is 129 Å². The largest absolute Gasteiger partial charge is 0.332 e. The lowest BCUT2D eigenvalue weighted by Gasteiger charge is -2.11. The number of nitro groups is 1. The molecule has 0 radical (unpaired) electrons. The number of anilines is 2. The summed E-state index contributed by atoms with van der Waals surface area (Å²) < 4.78 is 13.0. The SMILES string of the molecule is O=[N+]([O-])c1ccc(NC(=S)Nc2cccc(F)c2)c(Cl)c1. The second-order valence-corrected chi connectivity index (χ2v) is 4.83. The molecule has 0 aliphatic carbocycles. The second kappa shape index (κ2) is 6.47. The molecule has 0 saturated carbocycles. The maximum atomic E-state index is 13.0. The highest BCUT2D eigenvalue weighted by molar-refractivity contribution is 7.80. The maximum absolute atomic E-state index is 13.0. The van der Waals surface area contributed by atoms with Crippen molar-refractivity contribution >= 4 is 46.0 Å². The summed E-state index contributed by atoms with van der Waals surface area (Å²) in [5.41, 5.74) is 0.774. The number of nitro benzene ring substituents is 1. The minimum absolute atomic E-state index is 0.116. The van der Waals surface area contributed by atoms with Crippen molar-refractivity contribution in [3.8, 4) is 0 Å². The number of hydrogen-bond donors (Lipinski definition) is 2. The van der Waals surface area contributed by atoms with Crippen molar-refractivity contribution in [2.45, 2.75) is 0 Å². The Morgan fingerprint density at radius 1 is 1.24 bits per heavy atom. The molecule has 2 aromatic rings. The van der Waals surface area contributed by atoms with E-state index in [2.05, 4.69) is 10.6 Å². The van der Waals surface area contributed by atoms with Crippen molar-refractivity contribution in [2.75, 3.05) is 10.6 Å². The van der Waals surface area contributed by atoms with E-state index in [0.29, 0.717) is 11.4 Å². The number of benzene rings is 2. The average Bonchev–Trinajstić information content (AvgIpc) is 2.40. The van der Waals surface area contributed by atoms with E-state index in [9.17, 15) is 14.5 Å². The molecule has 21 heavy (non-hydrogen) atoms. The summed E-state index contributed by atoms with van der Waals surface area (Å²) in [6, 6.07) is 9.75. The summed E-state index contributed by atoms with van der Waals surface area (Å²) in [6.07, 6.45) is 0. The zero-order chi connectivity index (χ0) is 15.4. The first kappa shape index (κ1) is 15.1. The van der Waals surface area contributed by atoms with E-state index in [-0.39, 0.29) is 15.8 Å². The van der Waals surface area contributed by atoms with E-state index < -0.39 is 10.7 Å². The highest BCUT2D eigenvalue weighted by Gasteiger charge is 2.10. The molecule has 0 spiro atoms. The van der Waals surface area contributed by atoms with E-state index in [1.807, 2.05) is 0 Å². The van der Waals surface area contributed by atoms with Gasteiger partial charge in [-0.25, -0.2) is 4.39 Å². The smallest absolute Gasteiger partial charge is 0.271 e. The molecule has 108 valence electrons. The standard InChI is InChI=1S/C13H9ClFN3O2S/c14-11-7-10(18(19)20)4-5-12(11)17-13(21)16-9-3-1-2-8(15)6-9/h1-7H,(H2,16,17,21). The van der Waals surface area contributed by atoms with Crippen molar-refractivity contribution in [2.24, 2.45) is 0 Å². The van der Waals surface area contributed by atoms with Crippen LogP contribution in [0.2, 0.25) is 5.02 Å². The van der Waals surface area contributed by atoms with Crippen LogP contribution >= 0.6 is 23.8 Å². The monoisotopic (exact) mass is 325 g/mol. The number of halogens is 2. The number of thiocarbonyl (C=S) groups is 1. The fourth-order valence-corrected chi connectivity index (χ4v) is 2.02. The van der Waals surface area contributed by atoms with Gasteiger partial charge in [0.25, 0.3) is 5.69 Å². The minimum atomic E-state index is -0.543. The zero-order valence-corrected chi connectivity index (χ0v) is 12.0. The number of nitrogens with one attached hydrogen (secondary N) is 2. The van der Waals surface area contributed by atoms with Crippen LogP contribution in [0.25, 0.3) is 0 Å². The van der Waals surface area contributed by atoms with Crippen LogP contribution in [0.5, 0.6) is 0 Å². The summed E-state index contributed by atoms with van der Waals surface area (Å²) in [5, 5.41) is 16.5. The van der Waals surface area contributed by atoms with Crippen LogP contribution in [0.3, 0.4) is 0 Å². The quantitative estimate of drug-likeness (QED) is 0.503. The third-order valence-corrected chi connectivity index (χ3v) is 3.01. The Balaban J connectivity index is 2.08. The summed E-state index contributed by atoms with van der Waals surface area (Å²) in [4.78, 5) is 10.1. The maximum Gasteiger partial charge on any atom is 0.271 e. The summed E-state index contributed by atoms with van der Waals surface area (Å²) >= 11 is 11.0. The fourth-order valence-electron chi connectivity index (χ4n) is 1.57. The Hall–Kier alpha value is -2.25. The molecular formula is C13H9ClFN3O2S. The lowest BCUT2D eigenvalue weighted by molar-refractivity contribution is -0.384. The molecule has 0 fully saturated rings. The molecule has 2 rings (SSSR count). The van der Waals surface area contributed by atoms with Gasteiger partial charge in [0.05, 0.1) is 15.6 Å². The van der Waals surface area contributed by atoms with E-state index in [1.54, 1.807) is 12.1 Å². The van der Waals surface area contributed by atoms with Crippen molar-refractivity contribution in [1.82, 2.24) is 0 Å². The molecule has 0 unspecified atom stereocenters. The van der Waals surface area contributed by atoms with Gasteiger partial charge in [-0.05, 0) is 36.5 Å². The molecule has 0 saturated heterocycles. The van der Waals surface area contributed by atoms with Gasteiger partial charge in [-0.1, -0.05) is 17.7 Å². The van der Waals surface area contributed by atoms with E-state index in [1.165, 1.54) is 30.3 Å². The van der Waals surface area contributed by atoms with Gasteiger partial charge in [0.2, 0.25) is 0 Å². The van der Waals surface area contributed by atoms with Crippen LogP contribution in [0.1, 0.15) is 0 Å². The first-order valence-corrected chi connectivity index (χ1v) is 6.52. The lowest BCUT2D eigenvalue weighted by Crippen LogP contribution is -2.19. The van der Waals surface area contributed by atoms with Crippen LogP contribution in [-0.2, 0) is 0 Å². The lowest BCUT2D eigenvalue weighted by atomic mass is 10.3. The molecule has 0 bridgehead atoms. The Morgan fingerprint density at radius 2 is 2.00 bits per heavy atom. The molecule has 0 atom stereocenters. The van der Waals surface area contributed by atoms with Gasteiger partial charge in [-0.15, -0.1) is 0 Å². The first-order valence-electron chi connectivity index (χ1n) is 5.73. The van der Waals surface area contributed by atoms with Gasteiger partial charge >= 0.3 is 0 Å². The molecule has 0 aliphatic rings. The van der Waals surface area contributed by atoms with Gasteiger partial charge in [0.15, 0.2) is 5.11 Å². The summed E-state index contributed by atoms with van der Waals surface area (Å²) in [6.45, 7) is 0. The highest BCUT2D eigenvalue weighted by Crippen LogP contribution is 2.26. The van der Waals surface area contributed by atoms with Crippen LogP contribution < -0.4 is 10.6 Å². The van der Waals surface area contributed by atoms with E-state index >= 15 is 0 Å². The van der Waals surface area contributed by atoms with Crippen LogP contribution in [0.15, 0.2) is 42.5 Å². The molecule has 2 aromatic carbocycles. The molecular weight excluding hydrogens is 317 g/mol. The second-order valence-electron chi connectivity index (χ2n) is 4.01. The highest BCUT2D eigenvalue weighted by atomic mass is 35.5. The molecule has 0 aromatic heterocycles. The van der Waals surface area contributed by atoms with E-state index in [4.69, 9.17) is 23.8 Å². The van der Waals surface area contributed by atoms with Crippen LogP contribution in [0.4, 0.5) is 21.5 Å². The van der Waals surface area contributed by atoms with Crippen molar-refractivity contribution in [3.63, 3.8) is 0 Å². The molecule has 0 amide bonds. The molecule has 0 heterocycles. The molecule has 2 N–H and O–H groups in total.